The van der Waals surface area contributed by atoms with Gasteiger partial charge in [-0.1, -0.05) is 22.0 Å². The fraction of sp³-hybridized carbons (Fsp3) is 0.300. The van der Waals surface area contributed by atoms with Crippen molar-refractivity contribution in [3.63, 3.8) is 0 Å². The third-order valence-electron chi connectivity index (χ3n) is 1.81. The highest BCUT2D eigenvalue weighted by Gasteiger charge is 2.15. The first-order valence-electron chi connectivity index (χ1n) is 4.09. The zero-order valence-electron chi connectivity index (χ0n) is 7.56. The van der Waals surface area contributed by atoms with Gasteiger partial charge in [-0.05, 0) is 24.6 Å². The van der Waals surface area contributed by atoms with E-state index in [-0.39, 0.29) is 5.78 Å². The van der Waals surface area contributed by atoms with E-state index >= 15 is 0 Å². The molecular formula is C10H9BrClFO. The zero-order valence-corrected chi connectivity index (χ0v) is 9.90. The molecule has 1 nitrogen and oxygen atoms in total. The standard InChI is InChI=1S/C10H9BrClFO/c1-6(12)10(14)8-4-7(5-13)2-3-9(8)11/h2-4,6H,5H2,1H3. The topological polar surface area (TPSA) is 17.1 Å². The monoisotopic (exact) mass is 278 g/mol. The molecule has 1 atom stereocenters. The van der Waals surface area contributed by atoms with Crippen molar-refractivity contribution in [1.29, 1.82) is 0 Å². The maximum Gasteiger partial charge on any atom is 0.181 e. The van der Waals surface area contributed by atoms with Crippen LogP contribution in [0, 0.1) is 0 Å². The smallest absolute Gasteiger partial charge is 0.181 e. The van der Waals surface area contributed by atoms with Gasteiger partial charge in [0.1, 0.15) is 6.67 Å². The zero-order chi connectivity index (χ0) is 10.7. The summed E-state index contributed by atoms with van der Waals surface area (Å²) in [6.07, 6.45) is 0. The number of ketones is 1. The van der Waals surface area contributed by atoms with Crippen molar-refractivity contribution in [3.8, 4) is 0 Å². The minimum Gasteiger partial charge on any atom is -0.292 e. The van der Waals surface area contributed by atoms with Crippen molar-refractivity contribution >= 4 is 33.3 Å². The van der Waals surface area contributed by atoms with Gasteiger partial charge < -0.3 is 0 Å². The van der Waals surface area contributed by atoms with E-state index in [1.807, 2.05) is 0 Å². The maximum atomic E-state index is 12.3. The second-order valence-corrected chi connectivity index (χ2v) is 4.44. The lowest BCUT2D eigenvalue weighted by Crippen LogP contribution is -2.11. The van der Waals surface area contributed by atoms with E-state index in [2.05, 4.69) is 15.9 Å². The summed E-state index contributed by atoms with van der Waals surface area (Å²) < 4.78 is 13.0. The molecule has 0 saturated carbocycles. The summed E-state index contributed by atoms with van der Waals surface area (Å²) in [5, 5.41) is -0.596. The molecule has 1 rings (SSSR count). The molecule has 1 aromatic rings. The number of hydrogen-bond acceptors (Lipinski definition) is 1. The van der Waals surface area contributed by atoms with E-state index in [9.17, 15) is 9.18 Å². The fourth-order valence-corrected chi connectivity index (χ4v) is 1.62. The van der Waals surface area contributed by atoms with Gasteiger partial charge in [-0.3, -0.25) is 4.79 Å². The van der Waals surface area contributed by atoms with Gasteiger partial charge >= 0.3 is 0 Å². The van der Waals surface area contributed by atoms with Gasteiger partial charge in [-0.25, -0.2) is 4.39 Å². The van der Waals surface area contributed by atoms with Gasteiger partial charge in [-0.2, -0.15) is 0 Å². The van der Waals surface area contributed by atoms with Crippen LogP contribution in [0.25, 0.3) is 0 Å². The van der Waals surface area contributed by atoms with Crippen LogP contribution in [0.2, 0.25) is 0 Å². The first-order chi connectivity index (χ1) is 6.56. The Hall–Kier alpha value is -0.410. The van der Waals surface area contributed by atoms with Crippen molar-refractivity contribution < 1.29 is 9.18 Å². The SMILES string of the molecule is CC(Cl)C(=O)c1cc(CF)ccc1Br. The number of benzene rings is 1. The quantitative estimate of drug-likeness (QED) is 0.609. The van der Waals surface area contributed by atoms with Crippen LogP contribution in [0.3, 0.4) is 0 Å². The van der Waals surface area contributed by atoms with Gasteiger partial charge in [0.2, 0.25) is 0 Å². The number of Topliss-reactive ketones (excluding diaryl/α,β-unsaturated/α-hetero) is 1. The summed E-state index contributed by atoms with van der Waals surface area (Å²) in [7, 11) is 0. The molecule has 4 heteroatoms. The van der Waals surface area contributed by atoms with Crippen LogP contribution in [0.4, 0.5) is 4.39 Å². The molecule has 1 unspecified atom stereocenters. The predicted octanol–water partition coefficient (Wildman–Crippen LogP) is 3.73. The largest absolute Gasteiger partial charge is 0.292 e. The molecule has 0 N–H and O–H groups in total. The highest BCUT2D eigenvalue weighted by molar-refractivity contribution is 9.10. The number of rotatable bonds is 3. The summed E-state index contributed by atoms with van der Waals surface area (Å²) in [4.78, 5) is 11.5. The van der Waals surface area contributed by atoms with Crippen molar-refractivity contribution in [2.45, 2.75) is 19.0 Å². The Morgan fingerprint density at radius 3 is 2.79 bits per heavy atom. The first-order valence-corrected chi connectivity index (χ1v) is 5.32. The minimum absolute atomic E-state index is 0.200. The maximum absolute atomic E-state index is 12.3. The highest BCUT2D eigenvalue weighted by atomic mass is 79.9. The number of carbonyl (C=O) groups is 1. The Balaban J connectivity index is 3.12. The summed E-state index contributed by atoms with van der Waals surface area (Å²) >= 11 is 8.89. The molecule has 0 bridgehead atoms. The van der Waals surface area contributed by atoms with Crippen molar-refractivity contribution in [2.24, 2.45) is 0 Å². The number of halogens is 3. The third kappa shape index (κ3) is 2.55. The summed E-state index contributed by atoms with van der Waals surface area (Å²) in [5.41, 5.74) is 0.913. The van der Waals surface area contributed by atoms with Crippen LogP contribution in [0.5, 0.6) is 0 Å². The summed E-state index contributed by atoms with van der Waals surface area (Å²) in [5.74, 6) is -0.200. The van der Waals surface area contributed by atoms with Crippen LogP contribution in [-0.2, 0) is 6.67 Å². The second-order valence-electron chi connectivity index (χ2n) is 2.93. The molecule has 0 aliphatic rings. The second kappa shape index (κ2) is 4.89. The van der Waals surface area contributed by atoms with E-state index < -0.39 is 12.1 Å². The predicted molar refractivity (Wildman–Crippen MR) is 58.6 cm³/mol. The number of alkyl halides is 2. The Kier molecular flexibility index (Phi) is 4.08. The Labute approximate surface area is 95.4 Å². The van der Waals surface area contributed by atoms with E-state index in [1.54, 1.807) is 19.1 Å². The summed E-state index contributed by atoms with van der Waals surface area (Å²) in [6.45, 7) is 1.02. The van der Waals surface area contributed by atoms with Crippen LogP contribution < -0.4 is 0 Å². The van der Waals surface area contributed by atoms with E-state index in [0.29, 0.717) is 15.6 Å². The van der Waals surface area contributed by atoms with Crippen LogP contribution in [-0.4, -0.2) is 11.2 Å². The molecule has 0 aromatic heterocycles. The molecule has 14 heavy (non-hydrogen) atoms. The average Bonchev–Trinajstić information content (AvgIpc) is 2.17. The Morgan fingerprint density at radius 1 is 1.64 bits per heavy atom. The normalized spacial score (nSPS) is 12.6. The molecule has 0 spiro atoms. The average molecular weight is 280 g/mol. The van der Waals surface area contributed by atoms with Crippen LogP contribution in [0.15, 0.2) is 22.7 Å². The van der Waals surface area contributed by atoms with E-state index in [1.165, 1.54) is 6.07 Å². The van der Waals surface area contributed by atoms with Crippen molar-refractivity contribution in [3.05, 3.63) is 33.8 Å². The molecule has 76 valence electrons. The minimum atomic E-state index is -0.596. The van der Waals surface area contributed by atoms with E-state index in [4.69, 9.17) is 11.6 Å². The lowest BCUT2D eigenvalue weighted by atomic mass is 10.1. The molecule has 0 fully saturated rings. The van der Waals surface area contributed by atoms with Gasteiger partial charge in [0, 0.05) is 10.0 Å². The van der Waals surface area contributed by atoms with Gasteiger partial charge in [-0.15, -0.1) is 11.6 Å². The molecule has 0 radical (unpaired) electrons. The van der Waals surface area contributed by atoms with Gasteiger partial charge in [0.25, 0.3) is 0 Å². The molecular weight excluding hydrogens is 270 g/mol. The Bertz CT molecular complexity index is 352. The summed E-state index contributed by atoms with van der Waals surface area (Å²) in [6, 6.07) is 4.80. The number of hydrogen-bond donors (Lipinski definition) is 0. The van der Waals surface area contributed by atoms with Gasteiger partial charge in [0.05, 0.1) is 5.38 Å². The fourth-order valence-electron chi connectivity index (χ4n) is 1.06. The number of carbonyl (C=O) groups excluding carboxylic acids is 1. The van der Waals surface area contributed by atoms with Crippen molar-refractivity contribution in [2.75, 3.05) is 0 Å². The molecule has 0 saturated heterocycles. The molecule has 0 aliphatic carbocycles. The molecule has 1 aromatic carbocycles. The van der Waals surface area contributed by atoms with Gasteiger partial charge in [0.15, 0.2) is 5.78 Å². The Morgan fingerprint density at radius 2 is 2.29 bits per heavy atom. The van der Waals surface area contributed by atoms with E-state index in [0.717, 1.165) is 0 Å². The van der Waals surface area contributed by atoms with Crippen LogP contribution >= 0.6 is 27.5 Å². The first kappa shape index (κ1) is 11.7. The molecule has 0 amide bonds. The van der Waals surface area contributed by atoms with Crippen molar-refractivity contribution in [1.82, 2.24) is 0 Å². The lowest BCUT2D eigenvalue weighted by Gasteiger charge is -2.06. The highest BCUT2D eigenvalue weighted by Crippen LogP contribution is 2.21. The molecule has 0 heterocycles. The lowest BCUT2D eigenvalue weighted by molar-refractivity contribution is 0.0991. The molecule has 0 aliphatic heterocycles. The van der Waals surface area contributed by atoms with Crippen LogP contribution in [0.1, 0.15) is 22.8 Å². The third-order valence-corrected chi connectivity index (χ3v) is 2.70.